The topological polar surface area (TPSA) is 120 Å². The second kappa shape index (κ2) is 3.96. The van der Waals surface area contributed by atoms with E-state index in [-0.39, 0.29) is 0 Å². The van der Waals surface area contributed by atoms with Gasteiger partial charge in [0.1, 0.15) is 0 Å². The van der Waals surface area contributed by atoms with Crippen molar-refractivity contribution in [3.8, 4) is 0 Å². The Bertz CT molecular complexity index is 91.2. The van der Waals surface area contributed by atoms with E-state index in [1.54, 1.807) is 0 Å². The first-order valence-electron chi connectivity index (χ1n) is 0.881. The van der Waals surface area contributed by atoms with E-state index >= 15 is 0 Å². The maximum Gasteiger partial charge on any atom is 0.442 e. The molecule has 7 heteroatoms. The van der Waals surface area contributed by atoms with Gasteiger partial charge in [-0.15, -0.1) is 0 Å². The van der Waals surface area contributed by atoms with Crippen molar-refractivity contribution < 1.29 is 17.5 Å². The molecule has 0 aromatic heterocycles. The highest BCUT2D eigenvalue weighted by Gasteiger charge is 1.84. The first-order chi connectivity index (χ1) is 3.00. The summed E-state index contributed by atoms with van der Waals surface area (Å²) in [6.45, 7) is 0. The molecule has 0 aromatic carbocycles. The lowest BCUT2D eigenvalue weighted by Crippen LogP contribution is -1.89. The Morgan fingerprint density at radius 2 is 1.29 bits per heavy atom. The van der Waals surface area contributed by atoms with Crippen molar-refractivity contribution in [2.24, 2.45) is 0 Å². The average molecular weight is 128 g/mol. The molecule has 0 amide bonds. The van der Waals surface area contributed by atoms with Crippen LogP contribution in [0.1, 0.15) is 0 Å². The number of hydrogen-bond donors (Lipinski definition) is 2. The van der Waals surface area contributed by atoms with Crippen LogP contribution in [0.2, 0.25) is 0 Å². The molecule has 0 aliphatic rings. The summed E-state index contributed by atoms with van der Waals surface area (Å²) in [7, 11) is -4.67. The molecule has 6 nitrogen and oxygen atoms in total. The van der Waals surface area contributed by atoms with Crippen molar-refractivity contribution in [1.82, 2.24) is 5.90 Å². The minimum absolute atomic E-state index is 4.67. The quantitative estimate of drug-likeness (QED) is 0.317. The van der Waals surface area contributed by atoms with Gasteiger partial charge < -0.3 is 5.21 Å². The SMILES string of the molecule is O=S(=O)(O)O.[N+][O-]. The smallest absolute Gasteiger partial charge is 0.442 e. The van der Waals surface area contributed by atoms with Gasteiger partial charge in [-0.1, -0.05) is 0 Å². The minimum atomic E-state index is -4.67. The predicted molar refractivity (Wildman–Crippen MR) is 19.7 cm³/mol. The van der Waals surface area contributed by atoms with Gasteiger partial charge in [0.25, 0.3) is 0 Å². The second-order valence-corrected chi connectivity index (χ2v) is 1.34. The summed E-state index contributed by atoms with van der Waals surface area (Å²) in [5.74, 6) is 5.75. The van der Waals surface area contributed by atoms with Crippen LogP contribution < -0.4 is 5.90 Å². The largest absolute Gasteiger partial charge is 0.442 e. The van der Waals surface area contributed by atoms with Crippen LogP contribution >= 0.6 is 0 Å². The summed E-state index contributed by atoms with van der Waals surface area (Å²) in [5, 5.41) is 7.25. The molecule has 2 N–H and O–H groups in total. The van der Waals surface area contributed by atoms with E-state index in [1.807, 2.05) is 0 Å². The highest BCUT2D eigenvalue weighted by atomic mass is 32.3. The standard InChI is InChI=1S/NO.H2O4S/c1-2;1-5(2,3)4/h;(H2,1,2,3,4). The van der Waals surface area contributed by atoms with Crippen LogP contribution in [0.5, 0.6) is 0 Å². The molecule has 0 aromatic rings. The van der Waals surface area contributed by atoms with E-state index in [4.69, 9.17) is 28.6 Å². The van der Waals surface area contributed by atoms with Gasteiger partial charge in [-0.05, 0) is 0 Å². The number of rotatable bonds is 0. The Balaban J connectivity index is 0. The van der Waals surface area contributed by atoms with Crippen LogP contribution in [0, 0.1) is 5.21 Å². The molecule has 0 fully saturated rings. The Morgan fingerprint density at radius 3 is 1.29 bits per heavy atom. The molecule has 0 aliphatic heterocycles. The fourth-order valence-electron chi connectivity index (χ4n) is 0. The van der Waals surface area contributed by atoms with E-state index < -0.39 is 10.4 Å². The average Bonchev–Trinajstić information content (AvgIpc) is 1.36. The summed E-state index contributed by atoms with van der Waals surface area (Å²) in [4.78, 5) is 0. The maximum atomic E-state index is 8.74. The third-order valence-corrected chi connectivity index (χ3v) is 0. The van der Waals surface area contributed by atoms with Gasteiger partial charge in [-0.3, -0.25) is 9.11 Å². The van der Waals surface area contributed by atoms with Crippen LogP contribution in [-0.2, 0) is 10.4 Å². The molecule has 0 aliphatic carbocycles. The lowest BCUT2D eigenvalue weighted by Gasteiger charge is -1.68. The zero-order valence-electron chi connectivity index (χ0n) is 2.97. The zero-order chi connectivity index (χ0) is 6.50. The van der Waals surface area contributed by atoms with Gasteiger partial charge in [0.15, 0.2) is 0 Å². The van der Waals surface area contributed by atoms with Crippen LogP contribution in [-0.4, -0.2) is 17.5 Å². The number of hydrogen-bond acceptors (Lipinski definition) is 3. The molecular weight excluding hydrogens is 126 g/mol. The third kappa shape index (κ3) is 1890. The van der Waals surface area contributed by atoms with E-state index in [9.17, 15) is 0 Å². The first-order valence-corrected chi connectivity index (χ1v) is 2.28. The Labute approximate surface area is 40.1 Å². The lowest BCUT2D eigenvalue weighted by molar-refractivity contribution is 0.381. The van der Waals surface area contributed by atoms with Gasteiger partial charge in [0, 0.05) is 0 Å². The minimum Gasteiger partial charge on any atom is -0.442 e. The fourth-order valence-corrected chi connectivity index (χ4v) is 0. The van der Waals surface area contributed by atoms with Crippen molar-refractivity contribution in [3.05, 3.63) is 5.21 Å². The summed E-state index contributed by atoms with van der Waals surface area (Å²) in [6, 6.07) is 0. The summed E-state index contributed by atoms with van der Waals surface area (Å²) >= 11 is 0. The molecule has 3 radical (unpaired) electrons. The third-order valence-electron chi connectivity index (χ3n) is 0. The van der Waals surface area contributed by atoms with Crippen molar-refractivity contribution >= 4 is 10.4 Å². The molecule has 0 atom stereocenters. The Morgan fingerprint density at radius 1 is 1.29 bits per heavy atom. The molecule has 7 heavy (non-hydrogen) atoms. The molecule has 0 bridgehead atoms. The molecular formula is H2NO5S. The van der Waals surface area contributed by atoms with Crippen LogP contribution in [0.25, 0.3) is 0 Å². The predicted octanol–water partition coefficient (Wildman–Crippen LogP) is -1.10. The summed E-state index contributed by atoms with van der Waals surface area (Å²) in [6.07, 6.45) is 0. The van der Waals surface area contributed by atoms with E-state index in [0.29, 0.717) is 0 Å². The number of nitrogens with zero attached hydrogens (tertiary/aromatic N) is 1. The van der Waals surface area contributed by atoms with Gasteiger partial charge >= 0.3 is 16.3 Å². The highest BCUT2D eigenvalue weighted by molar-refractivity contribution is 7.79. The van der Waals surface area contributed by atoms with E-state index in [2.05, 4.69) is 0 Å². The van der Waals surface area contributed by atoms with Crippen molar-refractivity contribution in [2.45, 2.75) is 0 Å². The Hall–Kier alpha value is -0.210. The Kier molecular flexibility index (Phi) is 5.62. The highest BCUT2D eigenvalue weighted by Crippen LogP contribution is 1.59. The molecule has 0 spiro atoms. The molecule has 0 heterocycles. The maximum absolute atomic E-state index is 8.74. The summed E-state index contributed by atoms with van der Waals surface area (Å²) in [5.41, 5.74) is 0. The molecule has 0 unspecified atom stereocenters. The molecule has 0 rings (SSSR count). The van der Waals surface area contributed by atoms with Crippen molar-refractivity contribution in [1.29, 1.82) is 0 Å². The van der Waals surface area contributed by atoms with Gasteiger partial charge in [0.2, 0.25) is 0 Å². The molecule has 0 saturated carbocycles. The van der Waals surface area contributed by atoms with Crippen LogP contribution in [0.3, 0.4) is 0 Å². The van der Waals surface area contributed by atoms with Gasteiger partial charge in [-0.25, -0.2) is 0 Å². The molecule has 43 valence electrons. The fraction of sp³-hybridized carbons (Fsp3) is 0. The zero-order valence-corrected chi connectivity index (χ0v) is 3.79. The molecule has 0 saturated heterocycles. The van der Waals surface area contributed by atoms with E-state index in [1.165, 1.54) is 0 Å². The normalized spacial score (nSPS) is 9.14. The van der Waals surface area contributed by atoms with Gasteiger partial charge in [-0.2, -0.15) is 8.42 Å². The monoisotopic (exact) mass is 128 g/mol. The summed E-state index contributed by atoms with van der Waals surface area (Å²) < 4.78 is 31.6. The van der Waals surface area contributed by atoms with Crippen LogP contribution in [0.15, 0.2) is 0 Å². The first kappa shape index (κ1) is 9.92. The lowest BCUT2D eigenvalue weighted by atomic mass is 13.6. The second-order valence-electron chi connectivity index (χ2n) is 0.448. The van der Waals surface area contributed by atoms with Crippen molar-refractivity contribution in [2.75, 3.05) is 0 Å². The van der Waals surface area contributed by atoms with Crippen molar-refractivity contribution in [3.63, 3.8) is 0 Å². The van der Waals surface area contributed by atoms with E-state index in [0.717, 1.165) is 0 Å². The van der Waals surface area contributed by atoms with Gasteiger partial charge in [0.05, 0.1) is 0 Å². The van der Waals surface area contributed by atoms with Crippen LogP contribution in [0.4, 0.5) is 0 Å².